The van der Waals surface area contributed by atoms with Gasteiger partial charge >= 0.3 is 5.97 Å². The molecule has 0 saturated carbocycles. The molecule has 1 aliphatic rings. The van der Waals surface area contributed by atoms with Gasteiger partial charge in [-0.15, -0.1) is 0 Å². The number of fused-ring (bicyclic) bond motifs is 1. The number of ether oxygens (including phenoxy) is 3. The van der Waals surface area contributed by atoms with Crippen LogP contribution in [0.4, 0.5) is 5.69 Å². The molecule has 5 nitrogen and oxygen atoms in total. The normalized spacial score (nSPS) is 17.8. The molecule has 0 radical (unpaired) electrons. The average Bonchev–Trinajstić information content (AvgIpc) is 2.85. The minimum atomic E-state index is -0.771. The number of aryl methyl sites for hydroxylation is 1. The SMILES string of the molecule is CC(C)=CC(=O)OC1C(OCCc2ccccc2)c2cc(NCc3ccc(C)cc3)ccc2OC1(C)C. The van der Waals surface area contributed by atoms with Crippen molar-refractivity contribution in [2.75, 3.05) is 11.9 Å². The maximum Gasteiger partial charge on any atom is 0.331 e. The molecule has 3 aromatic carbocycles. The Labute approximate surface area is 220 Å². The van der Waals surface area contributed by atoms with Crippen molar-refractivity contribution < 1.29 is 19.0 Å². The molecular formula is C32H37NO4. The van der Waals surface area contributed by atoms with E-state index in [0.29, 0.717) is 13.2 Å². The summed E-state index contributed by atoms with van der Waals surface area (Å²) in [6.07, 6.45) is 1.17. The maximum atomic E-state index is 12.7. The summed E-state index contributed by atoms with van der Waals surface area (Å²) < 4.78 is 18.8. The van der Waals surface area contributed by atoms with Gasteiger partial charge in [0, 0.05) is 23.9 Å². The summed E-state index contributed by atoms with van der Waals surface area (Å²) in [5, 5.41) is 3.51. The molecule has 4 rings (SSSR count). The monoisotopic (exact) mass is 499 g/mol. The van der Waals surface area contributed by atoms with Crippen LogP contribution in [-0.2, 0) is 27.2 Å². The minimum absolute atomic E-state index is 0.393. The second kappa shape index (κ2) is 11.7. The van der Waals surface area contributed by atoms with Crippen molar-refractivity contribution >= 4 is 11.7 Å². The lowest BCUT2D eigenvalue weighted by molar-refractivity contribution is -0.179. The van der Waals surface area contributed by atoms with E-state index in [1.165, 1.54) is 22.8 Å². The van der Waals surface area contributed by atoms with Gasteiger partial charge < -0.3 is 19.5 Å². The van der Waals surface area contributed by atoms with Crippen LogP contribution in [0.3, 0.4) is 0 Å². The number of rotatable bonds is 9. The number of nitrogens with one attached hydrogen (secondary N) is 1. The van der Waals surface area contributed by atoms with Crippen molar-refractivity contribution in [1.82, 2.24) is 0 Å². The average molecular weight is 500 g/mol. The van der Waals surface area contributed by atoms with Gasteiger partial charge in [-0.05, 0) is 70.4 Å². The van der Waals surface area contributed by atoms with E-state index in [1.807, 2.05) is 64.1 Å². The third kappa shape index (κ3) is 7.01. The van der Waals surface area contributed by atoms with Crippen molar-refractivity contribution in [3.05, 3.63) is 107 Å². The molecule has 0 aromatic heterocycles. The predicted octanol–water partition coefficient (Wildman–Crippen LogP) is 6.96. The zero-order chi connectivity index (χ0) is 26.4. The van der Waals surface area contributed by atoms with E-state index < -0.39 is 23.8 Å². The summed E-state index contributed by atoms with van der Waals surface area (Å²) >= 11 is 0. The van der Waals surface area contributed by atoms with E-state index in [9.17, 15) is 4.79 Å². The van der Waals surface area contributed by atoms with Gasteiger partial charge in [0.1, 0.15) is 17.5 Å². The first-order chi connectivity index (χ1) is 17.7. The molecule has 194 valence electrons. The van der Waals surface area contributed by atoms with Crippen molar-refractivity contribution in [3.8, 4) is 5.75 Å². The lowest BCUT2D eigenvalue weighted by Crippen LogP contribution is -2.51. The molecule has 0 bridgehead atoms. The Kier molecular flexibility index (Phi) is 8.34. The second-order valence-corrected chi connectivity index (χ2v) is 10.4. The van der Waals surface area contributed by atoms with E-state index in [1.54, 1.807) is 0 Å². The van der Waals surface area contributed by atoms with Gasteiger partial charge in [-0.1, -0.05) is 65.7 Å². The molecular weight excluding hydrogens is 462 g/mol. The summed E-state index contributed by atoms with van der Waals surface area (Å²) in [6, 6.07) is 24.7. The topological polar surface area (TPSA) is 56.8 Å². The fraction of sp³-hybridized carbons (Fsp3) is 0.344. The van der Waals surface area contributed by atoms with E-state index in [4.69, 9.17) is 14.2 Å². The van der Waals surface area contributed by atoms with Crippen LogP contribution in [0.2, 0.25) is 0 Å². The van der Waals surface area contributed by atoms with Crippen LogP contribution in [0.25, 0.3) is 0 Å². The highest BCUT2D eigenvalue weighted by molar-refractivity contribution is 5.83. The quantitative estimate of drug-likeness (QED) is 0.255. The number of hydrogen-bond donors (Lipinski definition) is 1. The van der Waals surface area contributed by atoms with Gasteiger partial charge in [-0.3, -0.25) is 0 Å². The van der Waals surface area contributed by atoms with Crippen molar-refractivity contribution in [1.29, 1.82) is 0 Å². The number of anilines is 1. The fourth-order valence-electron chi connectivity index (χ4n) is 4.48. The summed E-state index contributed by atoms with van der Waals surface area (Å²) in [6.45, 7) is 10.9. The Morgan fingerprint density at radius 2 is 1.73 bits per heavy atom. The largest absolute Gasteiger partial charge is 0.483 e. The molecule has 0 spiro atoms. The number of hydrogen-bond acceptors (Lipinski definition) is 5. The predicted molar refractivity (Wildman–Crippen MR) is 148 cm³/mol. The fourth-order valence-corrected chi connectivity index (χ4v) is 4.48. The lowest BCUT2D eigenvalue weighted by Gasteiger charge is -2.43. The molecule has 37 heavy (non-hydrogen) atoms. The van der Waals surface area contributed by atoms with Gasteiger partial charge in [-0.25, -0.2) is 4.79 Å². The number of carbonyl (C=O) groups excluding carboxylic acids is 1. The summed E-state index contributed by atoms with van der Waals surface area (Å²) in [4.78, 5) is 12.7. The van der Waals surface area contributed by atoms with Crippen LogP contribution in [0, 0.1) is 6.92 Å². The number of allylic oxidation sites excluding steroid dienone is 1. The lowest BCUT2D eigenvalue weighted by atomic mass is 9.87. The van der Waals surface area contributed by atoms with Crippen LogP contribution < -0.4 is 10.1 Å². The van der Waals surface area contributed by atoms with Gasteiger partial charge in [-0.2, -0.15) is 0 Å². The standard InChI is InChI=1S/C32H37NO4/c1-22(2)19-29(34)36-31-30(35-18-17-24-9-7-6-8-10-24)27-20-26(15-16-28(27)37-32(31,4)5)33-21-25-13-11-23(3)12-14-25/h6-16,19-20,30-31,33H,17-18,21H2,1-5H3. The van der Waals surface area contributed by atoms with Crippen molar-refractivity contribution in [2.45, 2.75) is 65.4 Å². The molecule has 1 N–H and O–H groups in total. The molecule has 0 amide bonds. The van der Waals surface area contributed by atoms with Crippen LogP contribution in [0.15, 0.2) is 84.4 Å². The number of benzene rings is 3. The molecule has 1 heterocycles. The molecule has 5 heteroatoms. The van der Waals surface area contributed by atoms with E-state index >= 15 is 0 Å². The van der Waals surface area contributed by atoms with E-state index in [0.717, 1.165) is 29.0 Å². The van der Waals surface area contributed by atoms with E-state index in [2.05, 4.69) is 48.6 Å². The van der Waals surface area contributed by atoms with Crippen LogP contribution >= 0.6 is 0 Å². The van der Waals surface area contributed by atoms with Crippen LogP contribution in [0.1, 0.15) is 56.1 Å². The van der Waals surface area contributed by atoms with Gasteiger partial charge in [0.25, 0.3) is 0 Å². The third-order valence-corrected chi connectivity index (χ3v) is 6.45. The Bertz CT molecular complexity index is 1230. The Hall–Kier alpha value is -3.57. The van der Waals surface area contributed by atoms with Crippen molar-refractivity contribution in [2.24, 2.45) is 0 Å². The molecule has 0 aliphatic carbocycles. The maximum absolute atomic E-state index is 12.7. The second-order valence-electron chi connectivity index (χ2n) is 10.4. The first-order valence-electron chi connectivity index (χ1n) is 12.8. The highest BCUT2D eigenvalue weighted by atomic mass is 16.6. The zero-order valence-electron chi connectivity index (χ0n) is 22.4. The number of esters is 1. The molecule has 1 aliphatic heterocycles. The third-order valence-electron chi connectivity index (χ3n) is 6.45. The minimum Gasteiger partial charge on any atom is -0.483 e. The van der Waals surface area contributed by atoms with Gasteiger partial charge in [0.05, 0.1) is 6.61 Å². The van der Waals surface area contributed by atoms with Gasteiger partial charge in [0.2, 0.25) is 0 Å². The summed E-state index contributed by atoms with van der Waals surface area (Å²) in [5.41, 5.74) is 5.56. The molecule has 3 aromatic rings. The van der Waals surface area contributed by atoms with E-state index in [-0.39, 0.29) is 0 Å². The Morgan fingerprint density at radius 3 is 2.43 bits per heavy atom. The Balaban J connectivity index is 1.60. The summed E-state index contributed by atoms with van der Waals surface area (Å²) in [5.74, 6) is 0.348. The first kappa shape index (κ1) is 26.5. The smallest absolute Gasteiger partial charge is 0.331 e. The number of carbonyl (C=O) groups is 1. The highest BCUT2D eigenvalue weighted by Gasteiger charge is 2.47. The summed E-state index contributed by atoms with van der Waals surface area (Å²) in [7, 11) is 0. The molecule has 0 fully saturated rings. The molecule has 2 unspecified atom stereocenters. The highest BCUT2D eigenvalue weighted by Crippen LogP contribution is 2.44. The van der Waals surface area contributed by atoms with Crippen molar-refractivity contribution in [3.63, 3.8) is 0 Å². The van der Waals surface area contributed by atoms with Crippen LogP contribution in [0.5, 0.6) is 5.75 Å². The molecule has 0 saturated heterocycles. The zero-order valence-corrected chi connectivity index (χ0v) is 22.4. The van der Waals surface area contributed by atoms with Gasteiger partial charge in [0.15, 0.2) is 6.10 Å². The first-order valence-corrected chi connectivity index (χ1v) is 12.8. The molecule has 2 atom stereocenters. The Morgan fingerprint density at radius 1 is 1.00 bits per heavy atom. The van der Waals surface area contributed by atoms with Crippen LogP contribution in [-0.4, -0.2) is 24.3 Å².